The highest BCUT2D eigenvalue weighted by molar-refractivity contribution is 7.85. The summed E-state index contributed by atoms with van der Waals surface area (Å²) in [6.45, 7) is 7.68. The number of nitrogens with zero attached hydrogens (tertiary/aromatic N) is 1. The lowest BCUT2D eigenvalue weighted by Crippen LogP contribution is -2.09. The second-order valence-corrected chi connectivity index (χ2v) is 10.4. The first-order valence-electron chi connectivity index (χ1n) is 10.9. The van der Waals surface area contributed by atoms with Crippen LogP contribution in [0, 0.1) is 12.8 Å². The van der Waals surface area contributed by atoms with E-state index in [1.807, 2.05) is 0 Å². The summed E-state index contributed by atoms with van der Waals surface area (Å²) >= 11 is 1.21. The predicted molar refractivity (Wildman–Crippen MR) is 126 cm³/mol. The molecule has 1 aromatic rings. The third kappa shape index (κ3) is 11.1. The molecule has 0 bridgehead atoms. The number of nitrogens with one attached hydrogen (secondary N) is 2. The highest BCUT2D eigenvalue weighted by atomic mass is 32.2. The van der Waals surface area contributed by atoms with Crippen LogP contribution in [0.1, 0.15) is 90.7 Å². The smallest absolute Gasteiger partial charge is 0.223 e. The average molecular weight is 442 g/mol. The summed E-state index contributed by atoms with van der Waals surface area (Å²) in [6.07, 6.45) is 16.8. The van der Waals surface area contributed by atoms with Crippen molar-refractivity contribution in [3.8, 4) is 0 Å². The minimum atomic E-state index is -1.24. The number of aromatic nitrogens is 1. The zero-order chi connectivity index (χ0) is 21.6. The van der Waals surface area contributed by atoms with E-state index in [1.165, 1.54) is 82.5 Å². The molecule has 2 N–H and O–H groups in total. The summed E-state index contributed by atoms with van der Waals surface area (Å²) in [4.78, 5) is 14.8. The van der Waals surface area contributed by atoms with Gasteiger partial charge in [-0.3, -0.25) is 4.79 Å². The molecule has 2 fully saturated rings. The Labute approximate surface area is 183 Å². The second kappa shape index (κ2) is 14.9. The second-order valence-electron chi connectivity index (χ2n) is 7.80. The van der Waals surface area contributed by atoms with Gasteiger partial charge in [0, 0.05) is 6.92 Å². The van der Waals surface area contributed by atoms with Crippen LogP contribution >= 0.6 is 11.3 Å². The monoisotopic (exact) mass is 441 g/mol. The van der Waals surface area contributed by atoms with Gasteiger partial charge in [0.15, 0.2) is 5.13 Å². The van der Waals surface area contributed by atoms with E-state index in [-0.39, 0.29) is 5.91 Å². The molecule has 0 spiro atoms. The summed E-state index contributed by atoms with van der Waals surface area (Å²) in [5.41, 5.74) is 2.35. The van der Waals surface area contributed by atoms with Gasteiger partial charge in [0.2, 0.25) is 5.91 Å². The first-order chi connectivity index (χ1) is 13.9. The molecule has 166 valence electrons. The van der Waals surface area contributed by atoms with Crippen molar-refractivity contribution in [2.75, 3.05) is 12.4 Å². The number of hydrogen-bond acceptors (Lipinski definition) is 4. The van der Waals surface area contributed by atoms with E-state index in [2.05, 4.69) is 34.9 Å². The molecule has 2 aliphatic carbocycles. The van der Waals surface area contributed by atoms with Gasteiger partial charge in [-0.05, 0) is 52.5 Å². The molecule has 1 amide bonds. The van der Waals surface area contributed by atoms with Gasteiger partial charge in [-0.25, -0.2) is 13.9 Å². The van der Waals surface area contributed by atoms with Gasteiger partial charge in [0.05, 0.1) is 5.69 Å². The third-order valence-corrected chi connectivity index (χ3v) is 7.76. The van der Waals surface area contributed by atoms with Crippen molar-refractivity contribution >= 4 is 33.4 Å². The summed E-state index contributed by atoms with van der Waals surface area (Å²) in [5.74, 6) is 0.856. The summed E-state index contributed by atoms with van der Waals surface area (Å²) in [5, 5.41) is 3.03. The minimum absolute atomic E-state index is 0.180. The van der Waals surface area contributed by atoms with E-state index in [0.29, 0.717) is 15.0 Å². The van der Waals surface area contributed by atoms with Gasteiger partial charge in [0.1, 0.15) is 15.2 Å². The Kier molecular flexibility index (Phi) is 13.3. The number of anilines is 1. The fourth-order valence-corrected chi connectivity index (χ4v) is 5.49. The van der Waals surface area contributed by atoms with Crippen molar-refractivity contribution in [2.24, 2.45) is 5.92 Å². The van der Waals surface area contributed by atoms with Crippen molar-refractivity contribution in [2.45, 2.75) is 96.1 Å². The minimum Gasteiger partial charge on any atom is -0.302 e. The zero-order valence-corrected chi connectivity index (χ0v) is 20.4. The van der Waals surface area contributed by atoms with E-state index in [9.17, 15) is 9.00 Å². The number of thiazole rings is 1. The molecular formula is C22H39N3O2S2. The summed E-state index contributed by atoms with van der Waals surface area (Å²) < 4.78 is 14.6. The molecule has 5 nitrogen and oxygen atoms in total. The molecule has 1 atom stereocenters. The van der Waals surface area contributed by atoms with Crippen LogP contribution < -0.4 is 10.0 Å². The Morgan fingerprint density at radius 2 is 1.72 bits per heavy atom. The van der Waals surface area contributed by atoms with Crippen LogP contribution in [0.4, 0.5) is 5.13 Å². The van der Waals surface area contributed by atoms with Crippen molar-refractivity contribution in [1.29, 1.82) is 0 Å². The van der Waals surface area contributed by atoms with E-state index in [1.54, 1.807) is 19.5 Å². The molecule has 0 aromatic carbocycles. The predicted octanol–water partition coefficient (Wildman–Crippen LogP) is 6.14. The molecule has 1 unspecified atom stereocenters. The zero-order valence-electron chi connectivity index (χ0n) is 18.8. The lowest BCUT2D eigenvalue weighted by molar-refractivity contribution is -0.114. The number of aryl methyl sites for hydroxylation is 1. The molecule has 0 radical (unpaired) electrons. The van der Waals surface area contributed by atoms with Gasteiger partial charge in [-0.1, -0.05) is 68.4 Å². The maximum Gasteiger partial charge on any atom is 0.223 e. The van der Waals surface area contributed by atoms with Gasteiger partial charge >= 0.3 is 0 Å². The highest BCUT2D eigenvalue weighted by Crippen LogP contribution is 2.25. The molecule has 2 aliphatic rings. The molecule has 2 saturated carbocycles. The van der Waals surface area contributed by atoms with Gasteiger partial charge in [0.25, 0.3) is 0 Å². The Bertz CT molecular complexity index is 657. The standard InChI is InChI=1S/C8H14.C7H11N3O2S2.C7H14/c1-2-8-6-4-3-5-7-8;1-4-6(14(12)8-3)13-7(9-4)10-5(2)11;1-7-5-3-2-4-6-7/h2H,3-7H2,1H3;8H,1-3H3,(H,9,10,11);7H,2-6H2,1H3. The van der Waals surface area contributed by atoms with Crippen LogP contribution in [0.15, 0.2) is 15.9 Å². The summed E-state index contributed by atoms with van der Waals surface area (Å²) in [6, 6.07) is 0. The Balaban J connectivity index is 0.000000237. The van der Waals surface area contributed by atoms with Crippen molar-refractivity contribution in [3.05, 3.63) is 17.3 Å². The first kappa shape index (κ1) is 26.0. The van der Waals surface area contributed by atoms with Crippen molar-refractivity contribution in [3.63, 3.8) is 0 Å². The Morgan fingerprint density at radius 3 is 2.14 bits per heavy atom. The van der Waals surface area contributed by atoms with Crippen LogP contribution in [0.2, 0.25) is 0 Å². The van der Waals surface area contributed by atoms with E-state index in [0.717, 1.165) is 5.92 Å². The normalized spacial score (nSPS) is 17.9. The lowest BCUT2D eigenvalue weighted by atomic mass is 9.91. The van der Waals surface area contributed by atoms with Gasteiger partial charge in [-0.2, -0.15) is 0 Å². The third-order valence-electron chi connectivity index (χ3n) is 5.19. The quantitative estimate of drug-likeness (QED) is 0.554. The first-order valence-corrected chi connectivity index (χ1v) is 12.8. The molecule has 1 aromatic heterocycles. The Morgan fingerprint density at radius 1 is 1.14 bits per heavy atom. The van der Waals surface area contributed by atoms with Crippen molar-refractivity contribution in [1.82, 2.24) is 9.71 Å². The topological polar surface area (TPSA) is 71.1 Å². The Hall–Kier alpha value is -1.05. The molecule has 1 heterocycles. The average Bonchev–Trinajstić information content (AvgIpc) is 3.09. The molecule has 0 saturated heterocycles. The molecule has 29 heavy (non-hydrogen) atoms. The lowest BCUT2D eigenvalue weighted by Gasteiger charge is -2.15. The van der Waals surface area contributed by atoms with Crippen LogP contribution in [0.3, 0.4) is 0 Å². The van der Waals surface area contributed by atoms with Crippen LogP contribution in [0.25, 0.3) is 0 Å². The SMILES string of the molecule is CC1CCCCC1.CC=C1CCCCC1.CNS(=O)c1sc(NC(C)=O)nc1C. The molecule has 7 heteroatoms. The fraction of sp³-hybridized carbons (Fsp3) is 0.727. The van der Waals surface area contributed by atoms with E-state index >= 15 is 0 Å². The van der Waals surface area contributed by atoms with Crippen LogP contribution in [0.5, 0.6) is 0 Å². The number of carbonyl (C=O) groups excluding carboxylic acids is 1. The number of hydrogen-bond donors (Lipinski definition) is 2. The number of allylic oxidation sites excluding steroid dienone is 2. The fourth-order valence-electron chi connectivity index (χ4n) is 3.45. The maximum atomic E-state index is 11.4. The number of carbonyl (C=O) groups is 1. The van der Waals surface area contributed by atoms with E-state index < -0.39 is 11.0 Å². The maximum absolute atomic E-state index is 11.4. The molecule has 3 rings (SSSR count). The van der Waals surface area contributed by atoms with Gasteiger partial charge in [-0.15, -0.1) is 0 Å². The number of rotatable bonds is 3. The van der Waals surface area contributed by atoms with Crippen LogP contribution in [-0.2, 0) is 15.8 Å². The van der Waals surface area contributed by atoms with Crippen LogP contribution in [-0.4, -0.2) is 22.1 Å². The van der Waals surface area contributed by atoms with E-state index in [4.69, 9.17) is 0 Å². The molecule has 0 aliphatic heterocycles. The number of amides is 1. The van der Waals surface area contributed by atoms with Gasteiger partial charge < -0.3 is 5.32 Å². The molecular weight excluding hydrogens is 402 g/mol. The largest absolute Gasteiger partial charge is 0.302 e. The highest BCUT2D eigenvalue weighted by Gasteiger charge is 2.13. The summed E-state index contributed by atoms with van der Waals surface area (Å²) in [7, 11) is 0.363. The van der Waals surface area contributed by atoms with Crippen molar-refractivity contribution < 1.29 is 9.00 Å².